The number of nitrogens with zero attached hydrogens (tertiary/aromatic N) is 3. The molecule has 0 bridgehead atoms. The van der Waals surface area contributed by atoms with Crippen LogP contribution in [0.25, 0.3) is 11.0 Å². The Hall–Kier alpha value is -1.86. The van der Waals surface area contributed by atoms with Gasteiger partial charge >= 0.3 is 0 Å². The van der Waals surface area contributed by atoms with Crippen LogP contribution in [0.5, 0.6) is 0 Å². The van der Waals surface area contributed by atoms with E-state index < -0.39 is 6.04 Å². The highest BCUT2D eigenvalue weighted by atomic mass is 15.0. The molecule has 0 amide bonds. The lowest BCUT2D eigenvalue weighted by molar-refractivity contribution is 0.926. The Balaban J connectivity index is 2.58. The maximum atomic E-state index is 8.66. The van der Waals surface area contributed by atoms with Crippen molar-refractivity contribution >= 4 is 11.0 Å². The highest BCUT2D eigenvalue weighted by molar-refractivity contribution is 5.76. The zero-order valence-electron chi connectivity index (χ0n) is 7.81. The first-order chi connectivity index (χ1) is 6.72. The second-order valence-corrected chi connectivity index (χ2v) is 3.21. The molecular weight excluding hydrogens is 176 g/mol. The molecule has 1 atom stereocenters. The van der Waals surface area contributed by atoms with E-state index in [0.717, 1.165) is 16.6 Å². The maximum absolute atomic E-state index is 8.66. The van der Waals surface area contributed by atoms with Crippen LogP contribution in [0.4, 0.5) is 0 Å². The molecule has 1 aromatic heterocycles. The lowest BCUT2D eigenvalue weighted by Crippen LogP contribution is -2.06. The molecule has 1 heterocycles. The highest BCUT2D eigenvalue weighted by Gasteiger charge is 2.06. The molecule has 0 fully saturated rings. The lowest BCUT2D eigenvalue weighted by atomic mass is 10.1. The fourth-order valence-corrected chi connectivity index (χ4v) is 1.42. The summed E-state index contributed by atoms with van der Waals surface area (Å²) >= 11 is 0. The number of aryl methyl sites for hydroxylation is 1. The van der Waals surface area contributed by atoms with Crippen LogP contribution in [0.2, 0.25) is 0 Å². The summed E-state index contributed by atoms with van der Waals surface area (Å²) in [6, 6.07) is 7.06. The summed E-state index contributed by atoms with van der Waals surface area (Å²) in [5, 5.41) is 8.66. The van der Waals surface area contributed by atoms with Crippen molar-refractivity contribution in [2.45, 2.75) is 6.04 Å². The number of nitrogens with two attached hydrogens (primary N) is 1. The predicted octanol–water partition coefficient (Wildman–Crippen LogP) is 1.10. The smallest absolute Gasteiger partial charge is 0.118 e. The molecule has 2 rings (SSSR count). The van der Waals surface area contributed by atoms with Crippen molar-refractivity contribution in [2.75, 3.05) is 0 Å². The molecule has 2 N–H and O–H groups in total. The van der Waals surface area contributed by atoms with E-state index in [9.17, 15) is 0 Å². The standard InChI is InChI=1S/C10H10N4/c1-14-6-13-9-4-7(8(12)5-11)2-3-10(9)14/h2-4,6,8H,12H2,1H3. The van der Waals surface area contributed by atoms with Gasteiger partial charge in [0.25, 0.3) is 0 Å². The van der Waals surface area contributed by atoms with Gasteiger partial charge in [-0.3, -0.25) is 0 Å². The summed E-state index contributed by atoms with van der Waals surface area (Å²) in [5.74, 6) is 0. The molecule has 0 aliphatic heterocycles. The van der Waals surface area contributed by atoms with Crippen molar-refractivity contribution < 1.29 is 0 Å². The molecule has 1 unspecified atom stereocenters. The second-order valence-electron chi connectivity index (χ2n) is 3.21. The molecule has 0 spiro atoms. The first kappa shape index (κ1) is 8.73. The zero-order valence-corrected chi connectivity index (χ0v) is 7.81. The fraction of sp³-hybridized carbons (Fsp3) is 0.200. The number of hydrogen-bond donors (Lipinski definition) is 1. The largest absolute Gasteiger partial charge is 0.334 e. The Bertz CT molecular complexity index is 506. The summed E-state index contributed by atoms with van der Waals surface area (Å²) in [7, 11) is 1.93. The number of imidazole rings is 1. The van der Waals surface area contributed by atoms with E-state index in [1.807, 2.05) is 35.9 Å². The van der Waals surface area contributed by atoms with Crippen LogP contribution < -0.4 is 5.73 Å². The van der Waals surface area contributed by atoms with Crippen molar-refractivity contribution in [2.24, 2.45) is 12.8 Å². The molecule has 2 aromatic rings. The highest BCUT2D eigenvalue weighted by Crippen LogP contribution is 2.17. The monoisotopic (exact) mass is 186 g/mol. The number of aromatic nitrogens is 2. The summed E-state index contributed by atoms with van der Waals surface area (Å²) in [6.07, 6.45) is 1.74. The van der Waals surface area contributed by atoms with Gasteiger partial charge in [0.2, 0.25) is 0 Å². The molecule has 0 saturated heterocycles. The molecule has 0 aliphatic carbocycles. The van der Waals surface area contributed by atoms with Crippen molar-refractivity contribution in [3.63, 3.8) is 0 Å². The van der Waals surface area contributed by atoms with Gasteiger partial charge in [-0.1, -0.05) is 6.07 Å². The summed E-state index contributed by atoms with van der Waals surface area (Å²) in [5.41, 5.74) is 8.31. The molecule has 0 saturated carbocycles. The van der Waals surface area contributed by atoms with E-state index in [0.29, 0.717) is 0 Å². The molecule has 14 heavy (non-hydrogen) atoms. The summed E-state index contributed by atoms with van der Waals surface area (Å²) in [4.78, 5) is 4.19. The number of hydrogen-bond acceptors (Lipinski definition) is 3. The Labute approximate surface area is 81.6 Å². The summed E-state index contributed by atoms with van der Waals surface area (Å²) in [6.45, 7) is 0. The zero-order chi connectivity index (χ0) is 10.1. The van der Waals surface area contributed by atoms with E-state index in [1.165, 1.54) is 0 Å². The second kappa shape index (κ2) is 3.13. The van der Waals surface area contributed by atoms with Gasteiger partial charge in [-0.15, -0.1) is 0 Å². The number of fused-ring (bicyclic) bond motifs is 1. The van der Waals surface area contributed by atoms with Gasteiger partial charge < -0.3 is 10.3 Å². The normalized spacial score (nSPS) is 12.6. The van der Waals surface area contributed by atoms with Crippen molar-refractivity contribution in [3.8, 4) is 6.07 Å². The lowest BCUT2D eigenvalue weighted by Gasteiger charge is -2.02. The minimum atomic E-state index is -0.568. The Kier molecular flexibility index (Phi) is 1.95. The van der Waals surface area contributed by atoms with E-state index in [1.54, 1.807) is 6.33 Å². The number of benzene rings is 1. The van der Waals surface area contributed by atoms with Crippen molar-refractivity contribution in [1.29, 1.82) is 5.26 Å². The van der Waals surface area contributed by atoms with Crippen LogP contribution in [0.3, 0.4) is 0 Å². The Morgan fingerprint density at radius 2 is 2.36 bits per heavy atom. The van der Waals surface area contributed by atoms with Crippen molar-refractivity contribution in [3.05, 3.63) is 30.1 Å². The third kappa shape index (κ3) is 1.24. The Morgan fingerprint density at radius 1 is 1.57 bits per heavy atom. The molecule has 1 aromatic carbocycles. The van der Waals surface area contributed by atoms with Gasteiger partial charge in [-0.2, -0.15) is 5.26 Å². The van der Waals surface area contributed by atoms with Gasteiger partial charge in [0.05, 0.1) is 23.4 Å². The van der Waals surface area contributed by atoms with Gasteiger partial charge in [0, 0.05) is 7.05 Å². The third-order valence-electron chi connectivity index (χ3n) is 2.25. The van der Waals surface area contributed by atoms with E-state index in [2.05, 4.69) is 4.98 Å². The first-order valence-electron chi connectivity index (χ1n) is 4.28. The van der Waals surface area contributed by atoms with Crippen LogP contribution in [0, 0.1) is 11.3 Å². The van der Waals surface area contributed by atoms with Crippen LogP contribution in [-0.4, -0.2) is 9.55 Å². The molecule has 0 radical (unpaired) electrons. The average molecular weight is 186 g/mol. The van der Waals surface area contributed by atoms with E-state index >= 15 is 0 Å². The van der Waals surface area contributed by atoms with Crippen LogP contribution in [0.1, 0.15) is 11.6 Å². The van der Waals surface area contributed by atoms with E-state index in [-0.39, 0.29) is 0 Å². The SMILES string of the molecule is Cn1cnc2cc(C(N)C#N)ccc21. The third-order valence-corrected chi connectivity index (χ3v) is 2.25. The first-order valence-corrected chi connectivity index (χ1v) is 4.28. The quantitative estimate of drug-likeness (QED) is 0.725. The molecule has 70 valence electrons. The van der Waals surface area contributed by atoms with Crippen LogP contribution in [0.15, 0.2) is 24.5 Å². The van der Waals surface area contributed by atoms with Gasteiger partial charge in [-0.05, 0) is 17.7 Å². The van der Waals surface area contributed by atoms with Crippen molar-refractivity contribution in [1.82, 2.24) is 9.55 Å². The van der Waals surface area contributed by atoms with Crippen LogP contribution >= 0.6 is 0 Å². The molecule has 0 aliphatic rings. The number of rotatable bonds is 1. The van der Waals surface area contributed by atoms with Gasteiger partial charge in [-0.25, -0.2) is 4.98 Å². The van der Waals surface area contributed by atoms with Crippen LogP contribution in [-0.2, 0) is 7.05 Å². The minimum Gasteiger partial charge on any atom is -0.334 e. The average Bonchev–Trinajstić information content (AvgIpc) is 2.59. The minimum absolute atomic E-state index is 0.568. The van der Waals surface area contributed by atoms with Gasteiger partial charge in [0.1, 0.15) is 6.04 Å². The fourth-order valence-electron chi connectivity index (χ4n) is 1.42. The topological polar surface area (TPSA) is 67.6 Å². The Morgan fingerprint density at radius 3 is 3.07 bits per heavy atom. The number of nitriles is 1. The van der Waals surface area contributed by atoms with Gasteiger partial charge in [0.15, 0.2) is 0 Å². The maximum Gasteiger partial charge on any atom is 0.118 e. The molecule has 4 nitrogen and oxygen atoms in total. The molecular formula is C10H10N4. The van der Waals surface area contributed by atoms with E-state index in [4.69, 9.17) is 11.0 Å². The predicted molar refractivity (Wildman–Crippen MR) is 53.3 cm³/mol. The summed E-state index contributed by atoms with van der Waals surface area (Å²) < 4.78 is 1.93. The molecule has 4 heteroatoms.